The van der Waals surface area contributed by atoms with Crippen LogP contribution in [0.2, 0.25) is 0 Å². The van der Waals surface area contributed by atoms with Gasteiger partial charge in [-0.25, -0.2) is 0 Å². The van der Waals surface area contributed by atoms with Gasteiger partial charge in [-0.2, -0.15) is 0 Å². The van der Waals surface area contributed by atoms with E-state index in [0.717, 1.165) is 51.4 Å². The van der Waals surface area contributed by atoms with Gasteiger partial charge in [0.2, 0.25) is 11.7 Å². The maximum Gasteiger partial charge on any atom is 0.262 e. The maximum absolute atomic E-state index is 13.0. The van der Waals surface area contributed by atoms with E-state index >= 15 is 0 Å². The summed E-state index contributed by atoms with van der Waals surface area (Å²) in [5.41, 5.74) is 0.864. The van der Waals surface area contributed by atoms with E-state index in [1.165, 1.54) is 29.2 Å². The normalized spacial score (nSPS) is 17.6. The van der Waals surface area contributed by atoms with Crippen LogP contribution >= 0.6 is 11.8 Å². The molecule has 1 aromatic carbocycles. The number of thioether (sulfide) groups is 1. The predicted molar refractivity (Wildman–Crippen MR) is 136 cm³/mol. The van der Waals surface area contributed by atoms with Gasteiger partial charge < -0.3 is 10.6 Å². The predicted octanol–water partition coefficient (Wildman–Crippen LogP) is 3.18. The fraction of sp³-hybridized carbons (Fsp3) is 0.560. The maximum atomic E-state index is 13.0. The molecule has 10 heteroatoms. The van der Waals surface area contributed by atoms with Gasteiger partial charge in [-0.05, 0) is 43.9 Å². The van der Waals surface area contributed by atoms with Crippen molar-refractivity contribution in [3.05, 3.63) is 34.1 Å². The smallest absolute Gasteiger partial charge is 0.262 e. The van der Waals surface area contributed by atoms with Gasteiger partial charge in [0.1, 0.15) is 0 Å². The lowest BCUT2D eigenvalue weighted by molar-refractivity contribution is -0.119. The molecule has 2 aliphatic carbocycles. The second-order valence-electron chi connectivity index (χ2n) is 9.71. The zero-order chi connectivity index (χ0) is 24.4. The number of nitrogens with zero attached hydrogens (tertiary/aromatic N) is 4. The summed E-state index contributed by atoms with van der Waals surface area (Å²) < 4.78 is 3.22. The van der Waals surface area contributed by atoms with Crippen molar-refractivity contribution < 1.29 is 9.59 Å². The number of amides is 2. The minimum absolute atomic E-state index is 0.0275. The summed E-state index contributed by atoms with van der Waals surface area (Å²) in [5.74, 6) is 0.424. The van der Waals surface area contributed by atoms with Gasteiger partial charge in [0.15, 0.2) is 5.16 Å². The van der Waals surface area contributed by atoms with Crippen molar-refractivity contribution in [2.45, 2.75) is 81.4 Å². The summed E-state index contributed by atoms with van der Waals surface area (Å²) in [4.78, 5) is 38.5. The molecule has 0 aliphatic heterocycles. The molecule has 2 fully saturated rings. The highest BCUT2D eigenvalue weighted by Gasteiger charge is 2.21. The number of benzene rings is 1. The minimum Gasteiger partial charge on any atom is -0.353 e. The molecule has 35 heavy (non-hydrogen) atoms. The van der Waals surface area contributed by atoms with Crippen molar-refractivity contribution in [2.75, 3.05) is 5.75 Å². The molecule has 0 bridgehead atoms. The average Bonchev–Trinajstić information content (AvgIpc) is 3.31. The van der Waals surface area contributed by atoms with Crippen molar-refractivity contribution in [3.63, 3.8) is 0 Å². The highest BCUT2D eigenvalue weighted by molar-refractivity contribution is 7.99. The lowest BCUT2D eigenvalue weighted by Crippen LogP contribution is -2.37. The van der Waals surface area contributed by atoms with Gasteiger partial charge in [0, 0.05) is 24.7 Å². The Balaban J connectivity index is 1.42. The van der Waals surface area contributed by atoms with Crippen LogP contribution in [0.1, 0.15) is 74.6 Å². The number of carbonyl (C=O) groups excluding carboxylic acids is 2. The van der Waals surface area contributed by atoms with Gasteiger partial charge in [0.05, 0.1) is 16.7 Å². The summed E-state index contributed by atoms with van der Waals surface area (Å²) in [6.45, 7) is 0. The number of carbonyl (C=O) groups is 2. The summed E-state index contributed by atoms with van der Waals surface area (Å²) in [6, 6.07) is 5.56. The van der Waals surface area contributed by atoms with Crippen molar-refractivity contribution in [2.24, 2.45) is 7.05 Å². The molecule has 9 nitrogen and oxygen atoms in total. The van der Waals surface area contributed by atoms with Crippen molar-refractivity contribution in [1.29, 1.82) is 0 Å². The molecule has 2 aliphatic rings. The lowest BCUT2D eigenvalue weighted by Gasteiger charge is -2.22. The van der Waals surface area contributed by atoms with Crippen LogP contribution in [0, 0.1) is 0 Å². The molecular weight excluding hydrogens is 464 g/mol. The molecule has 2 saturated carbocycles. The topological polar surface area (TPSA) is 110 Å². The summed E-state index contributed by atoms with van der Waals surface area (Å²) in [7, 11) is 1.65. The van der Waals surface area contributed by atoms with Crippen molar-refractivity contribution in [3.8, 4) is 0 Å². The van der Waals surface area contributed by atoms with Gasteiger partial charge in [-0.1, -0.05) is 50.3 Å². The Morgan fingerprint density at radius 3 is 2.31 bits per heavy atom. The zero-order valence-electron chi connectivity index (χ0n) is 20.1. The first-order valence-corrected chi connectivity index (χ1v) is 13.6. The molecule has 0 unspecified atom stereocenters. The third kappa shape index (κ3) is 5.07. The monoisotopic (exact) mass is 496 g/mol. The molecule has 3 aromatic rings. The van der Waals surface area contributed by atoms with E-state index in [1.807, 2.05) is 0 Å². The number of hydrogen-bond acceptors (Lipinski definition) is 6. The number of aryl methyl sites for hydroxylation is 1. The molecule has 2 heterocycles. The second-order valence-corrected chi connectivity index (χ2v) is 10.7. The lowest BCUT2D eigenvalue weighted by atomic mass is 9.95. The third-order valence-electron chi connectivity index (χ3n) is 7.20. The largest absolute Gasteiger partial charge is 0.353 e. The van der Waals surface area contributed by atoms with Gasteiger partial charge >= 0.3 is 0 Å². The van der Waals surface area contributed by atoms with E-state index in [2.05, 4.69) is 20.8 Å². The zero-order valence-corrected chi connectivity index (χ0v) is 20.9. The first kappa shape index (κ1) is 23.8. The molecule has 2 N–H and O–H groups in total. The van der Waals surface area contributed by atoms with E-state index in [9.17, 15) is 14.4 Å². The van der Waals surface area contributed by atoms with Crippen LogP contribution in [-0.4, -0.2) is 48.8 Å². The molecule has 0 saturated heterocycles. The van der Waals surface area contributed by atoms with E-state index in [0.29, 0.717) is 27.4 Å². The highest BCUT2D eigenvalue weighted by atomic mass is 32.2. The van der Waals surface area contributed by atoms with E-state index < -0.39 is 0 Å². The summed E-state index contributed by atoms with van der Waals surface area (Å²) in [5, 5.41) is 15.7. The Hall–Kier alpha value is -2.88. The Labute approximate surface area is 208 Å². The third-order valence-corrected chi connectivity index (χ3v) is 8.12. The molecular formula is C25H32N6O3S. The minimum atomic E-state index is -0.203. The summed E-state index contributed by atoms with van der Waals surface area (Å²) in [6.07, 6.45) is 11.1. The molecule has 5 rings (SSSR count). The van der Waals surface area contributed by atoms with E-state index in [-0.39, 0.29) is 35.2 Å². The number of nitrogens with one attached hydrogen (secondary N) is 2. The van der Waals surface area contributed by atoms with E-state index in [1.54, 1.807) is 29.6 Å². The standard InChI is InChI=1S/C25H32N6O3S/c1-30-23(34)19-13-12-16(22(33)27-18-10-6-3-7-11-18)14-20(19)31-24(30)28-29-25(31)35-15-21(32)26-17-8-4-2-5-9-17/h12-14,17-18H,2-11,15H2,1H3,(H,26,32)(H,27,33). The summed E-state index contributed by atoms with van der Waals surface area (Å²) >= 11 is 1.29. The Kier molecular flexibility index (Phi) is 7.08. The number of fused-ring (bicyclic) bond motifs is 3. The molecule has 2 amide bonds. The first-order chi connectivity index (χ1) is 17.0. The molecule has 186 valence electrons. The van der Waals surface area contributed by atoms with Crippen LogP contribution in [0.4, 0.5) is 0 Å². The van der Waals surface area contributed by atoms with Crippen molar-refractivity contribution in [1.82, 2.24) is 29.8 Å². The van der Waals surface area contributed by atoms with Crippen LogP contribution in [-0.2, 0) is 11.8 Å². The van der Waals surface area contributed by atoms with Crippen LogP contribution in [0.5, 0.6) is 0 Å². The quantitative estimate of drug-likeness (QED) is 0.507. The van der Waals surface area contributed by atoms with Crippen molar-refractivity contribution >= 4 is 40.3 Å². The Bertz CT molecular complexity index is 1300. The van der Waals surface area contributed by atoms with Crippen LogP contribution in [0.15, 0.2) is 28.2 Å². The second kappa shape index (κ2) is 10.4. The average molecular weight is 497 g/mol. The molecule has 0 atom stereocenters. The molecule has 0 spiro atoms. The molecule has 0 radical (unpaired) electrons. The van der Waals surface area contributed by atoms with Crippen LogP contribution < -0.4 is 16.2 Å². The number of aromatic nitrogens is 4. The van der Waals surface area contributed by atoms with Gasteiger partial charge in [-0.3, -0.25) is 23.4 Å². The van der Waals surface area contributed by atoms with Gasteiger partial charge in [0.25, 0.3) is 11.5 Å². The Morgan fingerprint density at radius 1 is 0.971 bits per heavy atom. The van der Waals surface area contributed by atoms with E-state index in [4.69, 9.17) is 0 Å². The van der Waals surface area contributed by atoms with Crippen LogP contribution in [0.3, 0.4) is 0 Å². The SMILES string of the molecule is Cn1c(=O)c2ccc(C(=O)NC3CCCCC3)cc2n2c(SCC(=O)NC3CCCCC3)nnc12. The fourth-order valence-corrected chi connectivity index (χ4v) is 6.01. The first-order valence-electron chi connectivity index (χ1n) is 12.6. The van der Waals surface area contributed by atoms with Crippen LogP contribution in [0.25, 0.3) is 16.7 Å². The fourth-order valence-electron chi connectivity index (χ4n) is 5.26. The molecule has 2 aromatic heterocycles. The Morgan fingerprint density at radius 2 is 1.63 bits per heavy atom. The number of hydrogen-bond donors (Lipinski definition) is 2. The van der Waals surface area contributed by atoms with Gasteiger partial charge in [-0.15, -0.1) is 10.2 Å². The number of rotatable bonds is 6. The highest BCUT2D eigenvalue weighted by Crippen LogP contribution is 2.24.